The van der Waals surface area contributed by atoms with E-state index >= 15 is 0 Å². The number of hydrogen-bond donors (Lipinski definition) is 2. The van der Waals surface area contributed by atoms with Crippen molar-refractivity contribution in [3.63, 3.8) is 0 Å². The summed E-state index contributed by atoms with van der Waals surface area (Å²) in [4.78, 5) is 46.1. The van der Waals surface area contributed by atoms with Crippen LogP contribution in [0.5, 0.6) is 0 Å². The number of carbonyl (C=O) groups is 2. The summed E-state index contributed by atoms with van der Waals surface area (Å²) >= 11 is 0. The zero-order valence-electron chi connectivity index (χ0n) is 27.9. The van der Waals surface area contributed by atoms with Gasteiger partial charge in [0.15, 0.2) is 0 Å². The quantitative estimate of drug-likeness (QED) is 0.185. The SMILES string of the molecule is Cc1cc(C)c(-c2cc([C@@H](CC(=O)O)NC(=O)[C@@H](CC(C)C)n3cc(CCN4CCC4)c(C(F)(F)F)cc3=O)cn3ccnc23)c(C)c1. The van der Waals surface area contributed by atoms with Crippen LogP contribution in [0.3, 0.4) is 0 Å². The zero-order chi connectivity index (χ0) is 34.9. The highest BCUT2D eigenvalue weighted by atomic mass is 19.4. The van der Waals surface area contributed by atoms with Crippen LogP contribution in [0.1, 0.15) is 78.6 Å². The second kappa shape index (κ2) is 14.0. The summed E-state index contributed by atoms with van der Waals surface area (Å²) in [5.74, 6) is -1.92. The average Bonchev–Trinajstić information content (AvgIpc) is 3.43. The summed E-state index contributed by atoms with van der Waals surface area (Å²) in [5.41, 5.74) is 3.99. The lowest BCUT2D eigenvalue weighted by Crippen LogP contribution is -2.41. The number of aromatic nitrogens is 3. The lowest BCUT2D eigenvalue weighted by atomic mass is 9.92. The van der Waals surface area contributed by atoms with E-state index in [4.69, 9.17) is 0 Å². The molecule has 1 fully saturated rings. The van der Waals surface area contributed by atoms with Gasteiger partial charge in [-0.25, -0.2) is 4.98 Å². The van der Waals surface area contributed by atoms with Gasteiger partial charge >= 0.3 is 12.1 Å². The van der Waals surface area contributed by atoms with Gasteiger partial charge in [0.05, 0.1) is 18.0 Å². The van der Waals surface area contributed by atoms with Crippen LogP contribution in [0.25, 0.3) is 16.8 Å². The molecule has 1 saturated heterocycles. The number of aliphatic carboxylic acids is 1. The predicted molar refractivity (Wildman–Crippen MR) is 177 cm³/mol. The van der Waals surface area contributed by atoms with Gasteiger partial charge in [0.25, 0.3) is 5.56 Å². The number of likely N-dealkylation sites (tertiary alicyclic amines) is 1. The molecule has 12 heteroatoms. The molecule has 256 valence electrons. The van der Waals surface area contributed by atoms with Crippen molar-refractivity contribution >= 4 is 17.5 Å². The van der Waals surface area contributed by atoms with E-state index in [1.807, 2.05) is 45.6 Å². The third kappa shape index (κ3) is 7.64. The maximum atomic E-state index is 14.1. The van der Waals surface area contributed by atoms with E-state index < -0.39 is 47.7 Å². The van der Waals surface area contributed by atoms with E-state index in [1.54, 1.807) is 23.0 Å². The fourth-order valence-electron chi connectivity index (χ4n) is 6.70. The number of hydrogen-bond acceptors (Lipinski definition) is 5. The molecule has 0 unspecified atom stereocenters. The van der Waals surface area contributed by atoms with E-state index in [2.05, 4.69) is 22.4 Å². The van der Waals surface area contributed by atoms with Gasteiger partial charge in [-0.15, -0.1) is 0 Å². The predicted octanol–water partition coefficient (Wildman–Crippen LogP) is 6.27. The molecule has 4 heterocycles. The fourth-order valence-corrected chi connectivity index (χ4v) is 6.70. The first-order valence-electron chi connectivity index (χ1n) is 16.2. The van der Waals surface area contributed by atoms with Gasteiger partial charge in [0, 0.05) is 43.0 Å². The van der Waals surface area contributed by atoms with Crippen molar-refractivity contribution < 1.29 is 27.9 Å². The lowest BCUT2D eigenvalue weighted by Gasteiger charge is -2.31. The van der Waals surface area contributed by atoms with Crippen molar-refractivity contribution in [1.29, 1.82) is 0 Å². The van der Waals surface area contributed by atoms with Crippen molar-refractivity contribution in [2.45, 2.75) is 78.6 Å². The minimum absolute atomic E-state index is 0.0586. The van der Waals surface area contributed by atoms with Gasteiger partial charge < -0.3 is 24.3 Å². The molecule has 0 aliphatic carbocycles. The molecule has 0 spiro atoms. The maximum Gasteiger partial charge on any atom is 0.416 e. The number of halogens is 3. The highest BCUT2D eigenvalue weighted by Gasteiger charge is 2.36. The minimum Gasteiger partial charge on any atom is -0.481 e. The number of pyridine rings is 2. The van der Waals surface area contributed by atoms with Crippen molar-refractivity contribution in [3.05, 3.63) is 92.8 Å². The van der Waals surface area contributed by atoms with E-state index in [-0.39, 0.29) is 24.3 Å². The molecule has 48 heavy (non-hydrogen) atoms. The summed E-state index contributed by atoms with van der Waals surface area (Å²) in [6, 6.07) is 4.33. The summed E-state index contributed by atoms with van der Waals surface area (Å²) in [7, 11) is 0. The van der Waals surface area contributed by atoms with E-state index in [0.29, 0.717) is 23.8 Å². The number of benzene rings is 1. The van der Waals surface area contributed by atoms with Gasteiger partial charge in [0.2, 0.25) is 5.91 Å². The monoisotopic (exact) mass is 665 g/mol. The molecule has 1 aromatic carbocycles. The minimum atomic E-state index is -4.73. The fraction of sp³-hybridized carbons (Fsp3) is 0.444. The Morgan fingerprint density at radius 2 is 1.73 bits per heavy atom. The van der Waals surface area contributed by atoms with Crippen LogP contribution in [0, 0.1) is 26.7 Å². The Labute approximate surface area is 277 Å². The van der Waals surface area contributed by atoms with Gasteiger partial charge in [-0.1, -0.05) is 31.5 Å². The molecule has 2 atom stereocenters. The molecule has 1 aliphatic heterocycles. The number of nitrogens with one attached hydrogen (secondary N) is 1. The number of rotatable bonds is 12. The standard InChI is InChI=1S/C36H42F3N5O4/c1-21(2)13-30(44-20-25(7-11-42-9-6-10-42)28(17-31(44)45)36(37,38)39)35(48)41-29(18-32(46)47)26-16-27(34-40-8-12-43(34)19-26)33-23(4)14-22(3)15-24(33)5/h8,12,14-17,19-21,29-30H,6-7,9-11,13,18H2,1-5H3,(H,41,48)(H,46,47)/t29-,30-/m1/s1. The van der Waals surface area contributed by atoms with Crippen molar-refractivity contribution in [3.8, 4) is 11.1 Å². The zero-order valence-corrected chi connectivity index (χ0v) is 27.9. The molecule has 9 nitrogen and oxygen atoms in total. The van der Waals surface area contributed by atoms with Crippen LogP contribution in [-0.2, 0) is 22.2 Å². The number of amides is 1. The largest absolute Gasteiger partial charge is 0.481 e. The van der Waals surface area contributed by atoms with Gasteiger partial charge in [-0.2, -0.15) is 13.2 Å². The molecule has 3 aromatic heterocycles. The van der Waals surface area contributed by atoms with Crippen LogP contribution in [0.2, 0.25) is 0 Å². The summed E-state index contributed by atoms with van der Waals surface area (Å²) in [5, 5.41) is 12.8. The molecule has 5 rings (SSSR count). The van der Waals surface area contributed by atoms with Crippen molar-refractivity contribution in [2.75, 3.05) is 19.6 Å². The Morgan fingerprint density at radius 3 is 2.31 bits per heavy atom. The Balaban J connectivity index is 1.56. The number of nitrogens with zero attached hydrogens (tertiary/aromatic N) is 4. The van der Waals surface area contributed by atoms with E-state index in [0.717, 1.165) is 51.9 Å². The number of alkyl halides is 3. The van der Waals surface area contributed by atoms with Gasteiger partial charge in [-0.3, -0.25) is 14.4 Å². The smallest absolute Gasteiger partial charge is 0.416 e. The molecule has 1 amide bonds. The van der Waals surface area contributed by atoms with Crippen LogP contribution >= 0.6 is 0 Å². The van der Waals surface area contributed by atoms with E-state index in [1.165, 1.54) is 6.20 Å². The van der Waals surface area contributed by atoms with Gasteiger partial charge in [0.1, 0.15) is 11.7 Å². The number of imidazole rings is 1. The molecular formula is C36H42F3N5O4. The summed E-state index contributed by atoms with van der Waals surface area (Å²) < 4.78 is 45.0. The first-order valence-corrected chi connectivity index (χ1v) is 16.2. The lowest BCUT2D eigenvalue weighted by molar-refractivity contribution is -0.139. The summed E-state index contributed by atoms with van der Waals surface area (Å²) in [6.07, 6.45) is 2.27. The van der Waals surface area contributed by atoms with Crippen LogP contribution < -0.4 is 10.9 Å². The first kappa shape index (κ1) is 34.9. The number of carboxylic acids is 1. The topological polar surface area (TPSA) is 109 Å². The molecule has 0 saturated carbocycles. The molecular weight excluding hydrogens is 623 g/mol. The highest BCUT2D eigenvalue weighted by molar-refractivity contribution is 5.84. The summed E-state index contributed by atoms with van der Waals surface area (Å²) in [6.45, 7) is 11.7. The van der Waals surface area contributed by atoms with E-state index in [9.17, 15) is 32.7 Å². The Morgan fingerprint density at radius 1 is 1.04 bits per heavy atom. The van der Waals surface area contributed by atoms with Crippen molar-refractivity contribution in [1.82, 2.24) is 24.2 Å². The normalized spacial score (nSPS) is 15.0. The van der Waals surface area contributed by atoms with Crippen molar-refractivity contribution in [2.24, 2.45) is 5.92 Å². The number of carbonyl (C=O) groups excluding carboxylic acids is 1. The maximum absolute atomic E-state index is 14.1. The first-order chi connectivity index (χ1) is 22.6. The Kier molecular flexibility index (Phi) is 10.1. The number of aryl methyl sites for hydroxylation is 3. The molecule has 4 aromatic rings. The Bertz CT molecular complexity index is 1870. The van der Waals surface area contributed by atoms with Gasteiger partial charge in [-0.05, 0) is 92.9 Å². The molecule has 2 N–H and O–H groups in total. The average molecular weight is 666 g/mol. The third-order valence-corrected chi connectivity index (χ3v) is 9.00. The van der Waals surface area contributed by atoms with Crippen LogP contribution in [0.4, 0.5) is 13.2 Å². The van der Waals surface area contributed by atoms with Crippen LogP contribution in [0.15, 0.2) is 53.8 Å². The highest BCUT2D eigenvalue weighted by Crippen LogP contribution is 2.35. The number of fused-ring (bicyclic) bond motifs is 1. The molecule has 0 radical (unpaired) electrons. The molecule has 0 bridgehead atoms. The molecule has 1 aliphatic rings. The third-order valence-electron chi connectivity index (χ3n) is 9.00. The second-order valence-corrected chi connectivity index (χ2v) is 13.3. The Hall–Kier alpha value is -4.45. The number of carboxylic acid groups (broad SMARTS) is 1. The second-order valence-electron chi connectivity index (χ2n) is 13.3. The van der Waals surface area contributed by atoms with Crippen LogP contribution in [-0.4, -0.2) is 55.5 Å².